The van der Waals surface area contributed by atoms with Crippen LogP contribution < -0.4 is 5.32 Å². The molecule has 0 aliphatic heterocycles. The summed E-state index contributed by atoms with van der Waals surface area (Å²) in [5.74, 6) is 0.0245. The minimum absolute atomic E-state index is 0.0245. The summed E-state index contributed by atoms with van der Waals surface area (Å²) in [4.78, 5) is 27.0. The molecule has 0 aliphatic carbocycles. The fraction of sp³-hybridized carbons (Fsp3) is 0. The topological polar surface area (TPSA) is 107 Å². The van der Waals surface area contributed by atoms with E-state index in [4.69, 9.17) is 11.6 Å². The average molecular weight is 411 g/mol. The Hall–Kier alpha value is -3.43. The fourth-order valence-corrected chi connectivity index (χ4v) is 3.55. The molecule has 0 aliphatic rings. The second-order valence-electron chi connectivity index (χ2n) is 5.60. The first-order valence-electron chi connectivity index (χ1n) is 8.00. The smallest absolute Gasteiger partial charge is 0.334 e. The van der Waals surface area contributed by atoms with E-state index < -0.39 is 4.92 Å². The van der Waals surface area contributed by atoms with Gasteiger partial charge < -0.3 is 5.32 Å². The molecule has 3 heterocycles. The molecule has 0 atom stereocenters. The van der Waals surface area contributed by atoms with Crippen molar-refractivity contribution in [3.63, 3.8) is 0 Å². The van der Waals surface area contributed by atoms with E-state index in [-0.39, 0.29) is 16.7 Å². The first kappa shape index (κ1) is 18.0. The number of benzene rings is 1. The van der Waals surface area contributed by atoms with Gasteiger partial charge in [-0.15, -0.1) is 11.3 Å². The second-order valence-corrected chi connectivity index (χ2v) is 6.82. The van der Waals surface area contributed by atoms with Crippen molar-refractivity contribution in [2.45, 2.75) is 0 Å². The summed E-state index contributed by atoms with van der Waals surface area (Å²) in [6.45, 7) is 0. The molecule has 28 heavy (non-hydrogen) atoms. The minimum atomic E-state index is -0.616. The lowest BCUT2D eigenvalue weighted by atomic mass is 10.1. The largest absolute Gasteiger partial charge is 0.348 e. The average Bonchev–Trinajstić information content (AvgIpc) is 3.19. The van der Waals surface area contributed by atoms with Crippen LogP contribution in [-0.2, 0) is 0 Å². The monoisotopic (exact) mass is 410 g/mol. The third kappa shape index (κ3) is 3.66. The number of nitrogens with zero attached hydrogens (tertiary/aromatic N) is 5. The van der Waals surface area contributed by atoms with Gasteiger partial charge in [0.25, 0.3) is 0 Å². The van der Waals surface area contributed by atoms with Crippen molar-refractivity contribution in [3.8, 4) is 21.8 Å². The number of pyridine rings is 1. The van der Waals surface area contributed by atoms with Gasteiger partial charge in [0.05, 0.1) is 10.6 Å². The first-order chi connectivity index (χ1) is 13.6. The molecule has 1 aromatic carbocycles. The van der Waals surface area contributed by atoms with Crippen LogP contribution in [0.3, 0.4) is 0 Å². The van der Waals surface area contributed by atoms with Crippen LogP contribution in [0, 0.1) is 10.1 Å². The summed E-state index contributed by atoms with van der Waals surface area (Å²) in [7, 11) is 0. The normalized spacial score (nSPS) is 10.6. The number of hydrogen-bond acceptors (Lipinski definition) is 8. The zero-order chi connectivity index (χ0) is 19.5. The van der Waals surface area contributed by atoms with Gasteiger partial charge in [-0.1, -0.05) is 23.7 Å². The highest BCUT2D eigenvalue weighted by Crippen LogP contribution is 2.33. The molecule has 0 saturated heterocycles. The van der Waals surface area contributed by atoms with Crippen molar-refractivity contribution >= 4 is 40.1 Å². The van der Waals surface area contributed by atoms with Crippen LogP contribution in [0.25, 0.3) is 21.8 Å². The third-order valence-corrected chi connectivity index (χ3v) is 4.96. The van der Waals surface area contributed by atoms with Gasteiger partial charge in [0.15, 0.2) is 0 Å². The molecule has 0 saturated carbocycles. The Bertz CT molecular complexity index is 1150. The lowest BCUT2D eigenvalue weighted by molar-refractivity contribution is -0.384. The molecule has 0 spiro atoms. The van der Waals surface area contributed by atoms with Crippen LogP contribution in [0.4, 0.5) is 17.2 Å². The molecule has 4 rings (SSSR count). The van der Waals surface area contributed by atoms with E-state index in [1.165, 1.54) is 17.7 Å². The summed E-state index contributed by atoms with van der Waals surface area (Å²) >= 11 is 7.35. The minimum Gasteiger partial charge on any atom is -0.334 e. The van der Waals surface area contributed by atoms with Crippen LogP contribution in [0.2, 0.25) is 5.15 Å². The standard InChI is InChI=1S/C18H11ClN6O2S/c19-16-15(25(26)27)17(22-10-21-16)23-13-5-1-3-11(7-13)14-9-28-18(24-14)12-4-2-6-20-8-12/h1-10H,(H,21,22,23). The molecule has 8 nitrogen and oxygen atoms in total. The highest BCUT2D eigenvalue weighted by Gasteiger charge is 2.21. The molecule has 1 N–H and O–H groups in total. The molecule has 0 unspecified atom stereocenters. The van der Waals surface area contributed by atoms with Crippen LogP contribution in [0.1, 0.15) is 0 Å². The van der Waals surface area contributed by atoms with E-state index in [1.54, 1.807) is 18.5 Å². The van der Waals surface area contributed by atoms with E-state index in [0.717, 1.165) is 21.8 Å². The van der Waals surface area contributed by atoms with Crippen molar-refractivity contribution in [1.29, 1.82) is 0 Å². The number of rotatable bonds is 5. The summed E-state index contributed by atoms with van der Waals surface area (Å²) in [6.07, 6.45) is 4.65. The molecule has 4 aromatic rings. The van der Waals surface area contributed by atoms with Gasteiger partial charge in [-0.25, -0.2) is 15.0 Å². The van der Waals surface area contributed by atoms with Crippen molar-refractivity contribution < 1.29 is 4.92 Å². The summed E-state index contributed by atoms with van der Waals surface area (Å²) in [6, 6.07) is 11.2. The van der Waals surface area contributed by atoms with E-state index in [2.05, 4.69) is 25.3 Å². The SMILES string of the molecule is O=[N+]([O-])c1c(Cl)ncnc1Nc1cccc(-c2csc(-c3cccnc3)n2)c1. The predicted molar refractivity (Wildman–Crippen MR) is 108 cm³/mol. The van der Waals surface area contributed by atoms with E-state index in [1.807, 2.05) is 35.7 Å². The maximum atomic E-state index is 11.2. The van der Waals surface area contributed by atoms with Gasteiger partial charge in [0.1, 0.15) is 11.3 Å². The Morgan fingerprint density at radius 2 is 2.00 bits per heavy atom. The van der Waals surface area contributed by atoms with E-state index in [0.29, 0.717) is 5.69 Å². The Labute approximate surface area is 168 Å². The molecule has 0 radical (unpaired) electrons. The molecule has 10 heteroatoms. The number of aromatic nitrogens is 4. The van der Waals surface area contributed by atoms with Gasteiger partial charge in [0.2, 0.25) is 11.0 Å². The highest BCUT2D eigenvalue weighted by molar-refractivity contribution is 7.13. The quantitative estimate of drug-likeness (QED) is 0.281. The Kier molecular flexibility index (Phi) is 4.92. The Balaban J connectivity index is 1.64. The highest BCUT2D eigenvalue weighted by atomic mass is 35.5. The zero-order valence-corrected chi connectivity index (χ0v) is 15.7. The number of nitrogens with one attached hydrogen (secondary N) is 1. The van der Waals surface area contributed by atoms with Gasteiger partial charge in [-0.2, -0.15) is 0 Å². The second kappa shape index (κ2) is 7.67. The first-order valence-corrected chi connectivity index (χ1v) is 9.26. The molecule has 0 amide bonds. The molecular formula is C18H11ClN6O2S. The fourth-order valence-electron chi connectivity index (χ4n) is 2.53. The maximum absolute atomic E-state index is 11.2. The molecule has 138 valence electrons. The third-order valence-electron chi connectivity index (χ3n) is 3.79. The Morgan fingerprint density at radius 1 is 1.14 bits per heavy atom. The summed E-state index contributed by atoms with van der Waals surface area (Å²) < 4.78 is 0. The van der Waals surface area contributed by atoms with Crippen LogP contribution in [-0.4, -0.2) is 24.9 Å². The van der Waals surface area contributed by atoms with Gasteiger partial charge in [0, 0.05) is 34.6 Å². The van der Waals surface area contributed by atoms with Crippen molar-refractivity contribution in [2.24, 2.45) is 0 Å². The number of nitro groups is 1. The zero-order valence-electron chi connectivity index (χ0n) is 14.1. The van der Waals surface area contributed by atoms with Crippen molar-refractivity contribution in [1.82, 2.24) is 19.9 Å². The number of anilines is 2. The van der Waals surface area contributed by atoms with Gasteiger partial charge in [-0.05, 0) is 24.3 Å². The molecule has 0 bridgehead atoms. The van der Waals surface area contributed by atoms with Gasteiger partial charge >= 0.3 is 5.69 Å². The van der Waals surface area contributed by atoms with Crippen molar-refractivity contribution in [2.75, 3.05) is 5.32 Å². The predicted octanol–water partition coefficient (Wildman–Crippen LogP) is 4.97. The van der Waals surface area contributed by atoms with Crippen LogP contribution in [0.15, 0.2) is 60.5 Å². The van der Waals surface area contributed by atoms with E-state index >= 15 is 0 Å². The summed E-state index contributed by atoms with van der Waals surface area (Å²) in [5, 5.41) is 16.8. The number of halogens is 1. The van der Waals surface area contributed by atoms with Crippen molar-refractivity contribution in [3.05, 3.63) is 75.8 Å². The van der Waals surface area contributed by atoms with Crippen LogP contribution >= 0.6 is 22.9 Å². The molecule has 0 fully saturated rings. The van der Waals surface area contributed by atoms with Crippen LogP contribution in [0.5, 0.6) is 0 Å². The number of thiazole rings is 1. The lowest BCUT2D eigenvalue weighted by Crippen LogP contribution is -2.01. The molecular weight excluding hydrogens is 400 g/mol. The van der Waals surface area contributed by atoms with Gasteiger partial charge in [-0.3, -0.25) is 15.1 Å². The van der Waals surface area contributed by atoms with E-state index in [9.17, 15) is 10.1 Å². The molecule has 3 aromatic heterocycles. The lowest BCUT2D eigenvalue weighted by Gasteiger charge is -2.07. The number of hydrogen-bond donors (Lipinski definition) is 1. The Morgan fingerprint density at radius 3 is 2.79 bits per heavy atom. The summed E-state index contributed by atoms with van der Waals surface area (Å²) in [5.41, 5.74) is 2.84. The maximum Gasteiger partial charge on any atom is 0.348 e.